The maximum absolute atomic E-state index is 5.63. The highest BCUT2D eigenvalue weighted by Crippen LogP contribution is 2.27. The lowest BCUT2D eigenvalue weighted by Gasteiger charge is -2.43. The second-order valence-electron chi connectivity index (χ2n) is 5.09. The maximum Gasteiger partial charge on any atom is 0.0986 e. The van der Waals surface area contributed by atoms with Crippen molar-refractivity contribution in [3.05, 3.63) is 35.4 Å². The van der Waals surface area contributed by atoms with Crippen LogP contribution in [0, 0.1) is 0 Å². The van der Waals surface area contributed by atoms with Crippen molar-refractivity contribution in [1.29, 1.82) is 0 Å². The van der Waals surface area contributed by atoms with Crippen LogP contribution in [0.5, 0.6) is 0 Å². The molecule has 3 heteroatoms. The molecular formula is C16H25NO2. The molecule has 2 rings (SSSR count). The van der Waals surface area contributed by atoms with Crippen molar-refractivity contribution >= 4 is 0 Å². The van der Waals surface area contributed by atoms with Gasteiger partial charge in [-0.1, -0.05) is 31.2 Å². The lowest BCUT2D eigenvalue weighted by molar-refractivity contribution is -0.131. The third-order valence-electron chi connectivity index (χ3n) is 3.90. The molecule has 1 aliphatic carbocycles. The monoisotopic (exact) mass is 263 g/mol. The number of aryl methyl sites for hydroxylation is 1. The average Bonchev–Trinajstić information content (AvgIpc) is 2.43. The molecule has 3 unspecified atom stereocenters. The Morgan fingerprint density at radius 2 is 1.84 bits per heavy atom. The molecule has 3 atom stereocenters. The molecule has 106 valence electrons. The Morgan fingerprint density at radius 1 is 1.16 bits per heavy atom. The van der Waals surface area contributed by atoms with Crippen LogP contribution in [0.2, 0.25) is 0 Å². The summed E-state index contributed by atoms with van der Waals surface area (Å²) in [6, 6.07) is 9.22. The van der Waals surface area contributed by atoms with Gasteiger partial charge in [0, 0.05) is 26.3 Å². The number of rotatable bonds is 7. The Labute approximate surface area is 116 Å². The van der Waals surface area contributed by atoms with Gasteiger partial charge >= 0.3 is 0 Å². The fourth-order valence-corrected chi connectivity index (χ4v) is 2.62. The first-order valence-corrected chi connectivity index (χ1v) is 7.24. The summed E-state index contributed by atoms with van der Waals surface area (Å²) >= 11 is 0. The van der Waals surface area contributed by atoms with Crippen LogP contribution in [0.3, 0.4) is 0 Å². The van der Waals surface area contributed by atoms with E-state index < -0.39 is 0 Å². The fraction of sp³-hybridized carbons (Fsp3) is 0.625. The van der Waals surface area contributed by atoms with Gasteiger partial charge in [-0.05, 0) is 30.9 Å². The second kappa shape index (κ2) is 7.04. The number of hydrogen-bond donors (Lipinski definition) is 1. The number of ether oxygens (including phenoxy) is 2. The zero-order chi connectivity index (χ0) is 13.7. The van der Waals surface area contributed by atoms with Crippen molar-refractivity contribution < 1.29 is 9.47 Å². The third-order valence-corrected chi connectivity index (χ3v) is 3.90. The van der Waals surface area contributed by atoms with Crippen molar-refractivity contribution in [3.8, 4) is 0 Å². The Hall–Kier alpha value is -0.900. The largest absolute Gasteiger partial charge is 0.377 e. The summed E-state index contributed by atoms with van der Waals surface area (Å²) in [5, 5.41) is 3.56. The number of benzene rings is 1. The smallest absolute Gasteiger partial charge is 0.0986 e. The molecule has 0 aliphatic heterocycles. The van der Waals surface area contributed by atoms with E-state index in [1.807, 2.05) is 6.92 Å². The van der Waals surface area contributed by atoms with Crippen molar-refractivity contribution in [1.82, 2.24) is 5.32 Å². The quantitative estimate of drug-likeness (QED) is 0.820. The van der Waals surface area contributed by atoms with Gasteiger partial charge in [-0.25, -0.2) is 0 Å². The van der Waals surface area contributed by atoms with Gasteiger partial charge in [0.2, 0.25) is 0 Å². The zero-order valence-corrected chi connectivity index (χ0v) is 12.2. The zero-order valence-electron chi connectivity index (χ0n) is 12.2. The van der Waals surface area contributed by atoms with E-state index in [0.717, 1.165) is 26.0 Å². The summed E-state index contributed by atoms with van der Waals surface area (Å²) in [7, 11) is 1.76. The van der Waals surface area contributed by atoms with Crippen molar-refractivity contribution in [2.24, 2.45) is 0 Å². The second-order valence-corrected chi connectivity index (χ2v) is 5.09. The van der Waals surface area contributed by atoms with E-state index in [9.17, 15) is 0 Å². The first-order chi connectivity index (χ1) is 9.28. The van der Waals surface area contributed by atoms with Gasteiger partial charge < -0.3 is 14.8 Å². The van der Waals surface area contributed by atoms with E-state index in [1.165, 1.54) is 11.1 Å². The van der Waals surface area contributed by atoms with Crippen LogP contribution >= 0.6 is 0 Å². The maximum atomic E-state index is 5.63. The molecule has 1 aliphatic rings. The highest BCUT2D eigenvalue weighted by molar-refractivity contribution is 5.22. The topological polar surface area (TPSA) is 30.5 Å². The number of hydrogen-bond acceptors (Lipinski definition) is 3. The van der Waals surface area contributed by atoms with Crippen LogP contribution in [0.4, 0.5) is 0 Å². The molecule has 3 nitrogen and oxygen atoms in total. The Kier molecular flexibility index (Phi) is 5.37. The van der Waals surface area contributed by atoms with Crippen molar-refractivity contribution in [3.63, 3.8) is 0 Å². The SMILES string of the molecule is CCOC1CC(NCc2ccc(CC)cc2)C1OC. The van der Waals surface area contributed by atoms with Crippen molar-refractivity contribution in [2.75, 3.05) is 13.7 Å². The number of nitrogens with one attached hydrogen (secondary N) is 1. The lowest BCUT2D eigenvalue weighted by Crippen LogP contribution is -2.59. The van der Waals surface area contributed by atoms with Gasteiger partial charge in [-0.2, -0.15) is 0 Å². The van der Waals surface area contributed by atoms with E-state index in [-0.39, 0.29) is 12.2 Å². The molecule has 0 spiro atoms. The predicted molar refractivity (Wildman–Crippen MR) is 77.3 cm³/mol. The molecule has 0 aromatic heterocycles. The van der Waals surface area contributed by atoms with Crippen molar-refractivity contribution in [2.45, 2.75) is 51.5 Å². The molecule has 19 heavy (non-hydrogen) atoms. The Balaban J connectivity index is 1.79. The molecule has 0 heterocycles. The minimum atomic E-state index is 0.190. The number of methoxy groups -OCH3 is 1. The van der Waals surface area contributed by atoms with Crippen LogP contribution in [0.25, 0.3) is 0 Å². The molecule has 0 amide bonds. The summed E-state index contributed by atoms with van der Waals surface area (Å²) < 4.78 is 11.1. The third kappa shape index (κ3) is 3.56. The van der Waals surface area contributed by atoms with E-state index in [4.69, 9.17) is 9.47 Å². The molecular weight excluding hydrogens is 238 g/mol. The molecule has 1 aromatic carbocycles. The molecule has 1 aromatic rings. The van der Waals surface area contributed by atoms with E-state index in [2.05, 4.69) is 36.5 Å². The molecule has 0 radical (unpaired) electrons. The molecule has 1 N–H and O–H groups in total. The van der Waals surface area contributed by atoms with Gasteiger partial charge in [0.25, 0.3) is 0 Å². The van der Waals surface area contributed by atoms with E-state index >= 15 is 0 Å². The first-order valence-electron chi connectivity index (χ1n) is 7.24. The minimum absolute atomic E-state index is 0.190. The molecule has 0 bridgehead atoms. The van der Waals surface area contributed by atoms with Crippen LogP contribution in [0.15, 0.2) is 24.3 Å². The van der Waals surface area contributed by atoms with Gasteiger partial charge in [0.15, 0.2) is 0 Å². The highest BCUT2D eigenvalue weighted by Gasteiger charge is 2.41. The average molecular weight is 263 g/mol. The molecule has 0 saturated heterocycles. The fourth-order valence-electron chi connectivity index (χ4n) is 2.62. The van der Waals surface area contributed by atoms with Gasteiger partial charge in [-0.3, -0.25) is 0 Å². The Morgan fingerprint density at radius 3 is 2.42 bits per heavy atom. The molecule has 1 fully saturated rings. The van der Waals surface area contributed by atoms with Crippen LogP contribution in [-0.2, 0) is 22.4 Å². The Bertz CT molecular complexity index is 377. The summed E-state index contributed by atoms with van der Waals surface area (Å²) in [5.74, 6) is 0. The van der Waals surface area contributed by atoms with Crippen LogP contribution < -0.4 is 5.32 Å². The highest BCUT2D eigenvalue weighted by atomic mass is 16.5. The molecule has 1 saturated carbocycles. The van der Waals surface area contributed by atoms with Gasteiger partial charge in [0.05, 0.1) is 12.2 Å². The van der Waals surface area contributed by atoms with Gasteiger partial charge in [0.1, 0.15) is 0 Å². The minimum Gasteiger partial charge on any atom is -0.377 e. The van der Waals surface area contributed by atoms with Crippen LogP contribution in [-0.4, -0.2) is 32.0 Å². The van der Waals surface area contributed by atoms with E-state index in [1.54, 1.807) is 7.11 Å². The summed E-state index contributed by atoms with van der Waals surface area (Å²) in [6.45, 7) is 5.87. The summed E-state index contributed by atoms with van der Waals surface area (Å²) in [4.78, 5) is 0. The van der Waals surface area contributed by atoms with Gasteiger partial charge in [-0.15, -0.1) is 0 Å². The standard InChI is InChI=1S/C16H25NO2/c1-4-12-6-8-13(9-7-12)11-17-14-10-15(19-5-2)16(14)18-3/h6-9,14-17H,4-5,10-11H2,1-3H3. The van der Waals surface area contributed by atoms with E-state index in [0.29, 0.717) is 6.04 Å². The summed E-state index contributed by atoms with van der Waals surface area (Å²) in [6.07, 6.45) is 2.59. The predicted octanol–water partition coefficient (Wildman–Crippen LogP) is 2.53. The lowest BCUT2D eigenvalue weighted by atomic mass is 9.85. The summed E-state index contributed by atoms with van der Waals surface area (Å²) in [5.41, 5.74) is 2.71. The van der Waals surface area contributed by atoms with Crippen LogP contribution in [0.1, 0.15) is 31.4 Å². The first kappa shape index (κ1) is 14.5. The normalized spacial score (nSPS) is 26.2.